The van der Waals surface area contributed by atoms with Crippen molar-refractivity contribution in [2.45, 2.75) is 32.7 Å². The first kappa shape index (κ1) is 12.7. The molecule has 2 unspecified atom stereocenters. The van der Waals surface area contributed by atoms with E-state index in [1.54, 1.807) is 12.4 Å². The van der Waals surface area contributed by atoms with Gasteiger partial charge in [0.1, 0.15) is 6.04 Å². The quantitative estimate of drug-likeness (QED) is 0.838. The summed E-state index contributed by atoms with van der Waals surface area (Å²) in [5, 5.41) is 9.24. The summed E-state index contributed by atoms with van der Waals surface area (Å²) >= 11 is 0. The Bertz CT molecular complexity index is 467. The number of aliphatic carboxylic acids is 1. The van der Waals surface area contributed by atoms with Crippen LogP contribution < -0.4 is 0 Å². The standard InChI is InChI=1S/C13H18N2O3/c1-8-3-4-15(11(5-8)13(17)18)12(16)10-7-14-6-9(10)2/h6-8,11,14H,3-5H2,1-2H3,(H,17,18). The number of H-pyrrole nitrogens is 1. The molecule has 1 aromatic rings. The highest BCUT2D eigenvalue weighted by Gasteiger charge is 2.35. The lowest BCUT2D eigenvalue weighted by Gasteiger charge is -2.36. The van der Waals surface area contributed by atoms with Crippen molar-refractivity contribution in [2.24, 2.45) is 5.92 Å². The van der Waals surface area contributed by atoms with Gasteiger partial charge in [0.2, 0.25) is 0 Å². The van der Waals surface area contributed by atoms with E-state index in [0.29, 0.717) is 24.4 Å². The van der Waals surface area contributed by atoms with Crippen LogP contribution in [0.15, 0.2) is 12.4 Å². The molecule has 0 saturated carbocycles. The molecule has 18 heavy (non-hydrogen) atoms. The zero-order valence-electron chi connectivity index (χ0n) is 10.6. The zero-order valence-corrected chi connectivity index (χ0v) is 10.6. The van der Waals surface area contributed by atoms with Gasteiger partial charge in [0.25, 0.3) is 5.91 Å². The molecule has 98 valence electrons. The first-order valence-electron chi connectivity index (χ1n) is 6.18. The SMILES string of the molecule is Cc1c[nH]cc1C(=O)N1CCC(C)CC1C(=O)O. The number of aromatic nitrogens is 1. The van der Waals surface area contributed by atoms with Crippen LogP contribution in [0.4, 0.5) is 0 Å². The van der Waals surface area contributed by atoms with E-state index in [4.69, 9.17) is 0 Å². The summed E-state index contributed by atoms with van der Waals surface area (Å²) < 4.78 is 0. The van der Waals surface area contributed by atoms with Crippen molar-refractivity contribution >= 4 is 11.9 Å². The molecule has 0 aromatic carbocycles. The Hall–Kier alpha value is -1.78. The Morgan fingerprint density at radius 3 is 2.72 bits per heavy atom. The number of aryl methyl sites for hydroxylation is 1. The molecule has 0 spiro atoms. The molecule has 1 aliphatic heterocycles. The van der Waals surface area contributed by atoms with Gasteiger partial charge in [-0.1, -0.05) is 6.92 Å². The summed E-state index contributed by atoms with van der Waals surface area (Å²) in [7, 11) is 0. The van der Waals surface area contributed by atoms with E-state index < -0.39 is 12.0 Å². The van der Waals surface area contributed by atoms with Crippen LogP contribution in [0.2, 0.25) is 0 Å². The van der Waals surface area contributed by atoms with Gasteiger partial charge in [-0.2, -0.15) is 0 Å². The maximum Gasteiger partial charge on any atom is 0.326 e. The Labute approximate surface area is 106 Å². The lowest BCUT2D eigenvalue weighted by atomic mass is 9.92. The summed E-state index contributed by atoms with van der Waals surface area (Å²) in [4.78, 5) is 28.0. The van der Waals surface area contributed by atoms with Gasteiger partial charge in [0, 0.05) is 18.9 Å². The van der Waals surface area contributed by atoms with E-state index in [1.807, 2.05) is 13.8 Å². The third-order valence-electron chi connectivity index (χ3n) is 3.59. The molecule has 5 heteroatoms. The topological polar surface area (TPSA) is 73.4 Å². The molecule has 2 heterocycles. The van der Waals surface area contributed by atoms with Crippen molar-refractivity contribution in [1.82, 2.24) is 9.88 Å². The number of hydrogen-bond donors (Lipinski definition) is 2. The first-order valence-corrected chi connectivity index (χ1v) is 6.18. The number of aromatic amines is 1. The average Bonchev–Trinajstić information content (AvgIpc) is 2.74. The van der Waals surface area contributed by atoms with Crippen molar-refractivity contribution in [3.8, 4) is 0 Å². The van der Waals surface area contributed by atoms with E-state index in [9.17, 15) is 14.7 Å². The summed E-state index contributed by atoms with van der Waals surface area (Å²) in [6.07, 6.45) is 4.77. The molecule has 1 aliphatic rings. The predicted octanol–water partition coefficient (Wildman–Crippen LogP) is 1.65. The second-order valence-electron chi connectivity index (χ2n) is 5.03. The minimum atomic E-state index is -0.914. The van der Waals surface area contributed by atoms with Crippen LogP contribution in [0.1, 0.15) is 35.7 Å². The van der Waals surface area contributed by atoms with Gasteiger partial charge in [0.05, 0.1) is 5.56 Å². The van der Waals surface area contributed by atoms with Crippen molar-refractivity contribution < 1.29 is 14.7 Å². The van der Waals surface area contributed by atoms with Crippen LogP contribution in [0.5, 0.6) is 0 Å². The summed E-state index contributed by atoms with van der Waals surface area (Å²) in [5.41, 5.74) is 1.42. The summed E-state index contributed by atoms with van der Waals surface area (Å²) in [6.45, 7) is 4.38. The fraction of sp³-hybridized carbons (Fsp3) is 0.538. The van der Waals surface area contributed by atoms with Gasteiger partial charge in [-0.05, 0) is 31.2 Å². The molecular weight excluding hydrogens is 232 g/mol. The van der Waals surface area contributed by atoms with Crippen molar-refractivity contribution in [3.63, 3.8) is 0 Å². The summed E-state index contributed by atoms with van der Waals surface area (Å²) in [6, 6.07) is -0.699. The monoisotopic (exact) mass is 250 g/mol. The number of hydrogen-bond acceptors (Lipinski definition) is 2. The van der Waals surface area contributed by atoms with Crippen molar-refractivity contribution in [1.29, 1.82) is 0 Å². The Kier molecular flexibility index (Phi) is 3.41. The van der Waals surface area contributed by atoms with E-state index in [2.05, 4.69) is 4.98 Å². The average molecular weight is 250 g/mol. The summed E-state index contributed by atoms with van der Waals surface area (Å²) in [5.74, 6) is -0.751. The Balaban J connectivity index is 2.23. The van der Waals surface area contributed by atoms with Crippen molar-refractivity contribution in [2.75, 3.05) is 6.54 Å². The van der Waals surface area contributed by atoms with Crippen LogP contribution in [0.3, 0.4) is 0 Å². The highest BCUT2D eigenvalue weighted by Crippen LogP contribution is 2.25. The van der Waals surface area contributed by atoms with E-state index in [1.165, 1.54) is 4.90 Å². The molecule has 0 aliphatic carbocycles. The van der Waals surface area contributed by atoms with E-state index in [-0.39, 0.29) is 5.91 Å². The number of amides is 1. The number of nitrogens with zero attached hydrogens (tertiary/aromatic N) is 1. The van der Waals surface area contributed by atoms with E-state index in [0.717, 1.165) is 12.0 Å². The highest BCUT2D eigenvalue weighted by molar-refractivity contribution is 5.97. The molecule has 5 nitrogen and oxygen atoms in total. The van der Waals surface area contributed by atoms with Gasteiger partial charge in [-0.3, -0.25) is 4.79 Å². The first-order chi connectivity index (χ1) is 8.50. The number of nitrogens with one attached hydrogen (secondary N) is 1. The van der Waals surface area contributed by atoms with Gasteiger partial charge in [-0.15, -0.1) is 0 Å². The predicted molar refractivity (Wildman–Crippen MR) is 66.4 cm³/mol. The Morgan fingerprint density at radius 2 is 2.17 bits per heavy atom. The third-order valence-corrected chi connectivity index (χ3v) is 3.59. The number of carboxylic acid groups (broad SMARTS) is 1. The van der Waals surface area contributed by atoms with Crippen LogP contribution in [0, 0.1) is 12.8 Å². The zero-order chi connectivity index (χ0) is 13.3. The van der Waals surface area contributed by atoms with Crippen LogP contribution in [-0.2, 0) is 4.79 Å². The molecular formula is C13H18N2O3. The van der Waals surface area contributed by atoms with Gasteiger partial charge >= 0.3 is 5.97 Å². The normalized spacial score (nSPS) is 24.0. The molecule has 0 bridgehead atoms. The Morgan fingerprint density at radius 1 is 1.44 bits per heavy atom. The molecule has 1 amide bonds. The van der Waals surface area contributed by atoms with Gasteiger partial charge in [-0.25, -0.2) is 4.79 Å². The number of piperidine rings is 1. The number of carboxylic acids is 1. The smallest absolute Gasteiger partial charge is 0.326 e. The van der Waals surface area contributed by atoms with Crippen LogP contribution in [-0.4, -0.2) is 39.5 Å². The second-order valence-corrected chi connectivity index (χ2v) is 5.03. The second kappa shape index (κ2) is 4.84. The lowest BCUT2D eigenvalue weighted by molar-refractivity contribution is -0.144. The molecule has 1 fully saturated rings. The number of carbonyl (C=O) groups excluding carboxylic acids is 1. The maximum absolute atomic E-state index is 12.3. The number of carbonyl (C=O) groups is 2. The molecule has 2 rings (SSSR count). The fourth-order valence-corrected chi connectivity index (χ4v) is 2.45. The molecule has 2 N–H and O–H groups in total. The molecule has 1 aromatic heterocycles. The minimum Gasteiger partial charge on any atom is -0.480 e. The highest BCUT2D eigenvalue weighted by atomic mass is 16.4. The van der Waals surface area contributed by atoms with Gasteiger partial charge in [0.15, 0.2) is 0 Å². The lowest BCUT2D eigenvalue weighted by Crippen LogP contribution is -2.49. The fourth-order valence-electron chi connectivity index (χ4n) is 2.45. The van der Waals surface area contributed by atoms with Crippen LogP contribution >= 0.6 is 0 Å². The van der Waals surface area contributed by atoms with Gasteiger partial charge < -0.3 is 15.0 Å². The minimum absolute atomic E-state index is 0.187. The maximum atomic E-state index is 12.3. The molecule has 1 saturated heterocycles. The largest absolute Gasteiger partial charge is 0.480 e. The molecule has 0 radical (unpaired) electrons. The third kappa shape index (κ3) is 2.25. The molecule has 2 atom stereocenters. The van der Waals surface area contributed by atoms with Crippen LogP contribution in [0.25, 0.3) is 0 Å². The van der Waals surface area contributed by atoms with Crippen molar-refractivity contribution in [3.05, 3.63) is 23.5 Å². The van der Waals surface area contributed by atoms with E-state index >= 15 is 0 Å². The number of likely N-dealkylation sites (tertiary alicyclic amines) is 1. The number of rotatable bonds is 2.